The number of hydrogen-bond acceptors (Lipinski definition) is 4. The van der Waals surface area contributed by atoms with Gasteiger partial charge in [-0.05, 0) is 52.8 Å². The molecule has 0 aromatic heterocycles. The fourth-order valence-corrected chi connectivity index (χ4v) is 6.61. The lowest BCUT2D eigenvalue weighted by atomic mass is 9.59. The van der Waals surface area contributed by atoms with E-state index in [0.717, 1.165) is 5.01 Å². The molecule has 29 heavy (non-hydrogen) atoms. The Morgan fingerprint density at radius 1 is 0.966 bits per heavy atom. The van der Waals surface area contributed by atoms with Crippen molar-refractivity contribution in [2.45, 2.75) is 34.6 Å². The predicted molar refractivity (Wildman–Crippen MR) is 108 cm³/mol. The van der Waals surface area contributed by atoms with E-state index in [1.807, 2.05) is 0 Å². The van der Waals surface area contributed by atoms with Crippen LogP contribution in [0.15, 0.2) is 24.3 Å². The van der Waals surface area contributed by atoms with Crippen LogP contribution in [-0.2, 0) is 9.59 Å². The van der Waals surface area contributed by atoms with Crippen LogP contribution in [0.3, 0.4) is 0 Å². The maximum Gasteiger partial charge on any atom is 0.338 e. The summed E-state index contributed by atoms with van der Waals surface area (Å²) in [5.74, 6) is 0.233. The first-order valence-electron chi connectivity index (χ1n) is 10.2. The maximum atomic E-state index is 13.2. The predicted octanol–water partition coefficient (Wildman–Crippen LogP) is 3.28. The van der Waals surface area contributed by atoms with Gasteiger partial charge in [0.25, 0.3) is 11.8 Å². The van der Waals surface area contributed by atoms with Crippen LogP contribution in [0.5, 0.6) is 5.75 Å². The van der Waals surface area contributed by atoms with Crippen molar-refractivity contribution in [1.29, 1.82) is 0 Å². The van der Waals surface area contributed by atoms with Gasteiger partial charge in [0.1, 0.15) is 5.75 Å². The number of benzene rings is 1. The van der Waals surface area contributed by atoms with Gasteiger partial charge >= 0.3 is 6.03 Å². The third-order valence-electron chi connectivity index (χ3n) is 8.79. The lowest BCUT2D eigenvalue weighted by molar-refractivity contribution is -0.145. The number of methoxy groups -OCH3 is 1. The Morgan fingerprint density at radius 3 is 1.90 bits per heavy atom. The lowest BCUT2D eigenvalue weighted by Crippen LogP contribution is -2.50. The second-order valence-corrected chi connectivity index (χ2v) is 9.29. The highest BCUT2D eigenvalue weighted by Crippen LogP contribution is 2.76. The van der Waals surface area contributed by atoms with Crippen molar-refractivity contribution in [3.8, 4) is 5.75 Å². The van der Waals surface area contributed by atoms with E-state index < -0.39 is 6.03 Å². The number of amides is 4. The van der Waals surface area contributed by atoms with E-state index in [2.05, 4.69) is 45.4 Å². The van der Waals surface area contributed by atoms with Crippen molar-refractivity contribution in [1.82, 2.24) is 10.4 Å². The number of hydrogen-bond donors (Lipinski definition) is 2. The van der Waals surface area contributed by atoms with Crippen molar-refractivity contribution in [2.24, 2.45) is 40.4 Å². The number of carbonyl (C=O) groups excluding carboxylic acids is 3. The van der Waals surface area contributed by atoms with Crippen LogP contribution >= 0.6 is 0 Å². The minimum Gasteiger partial charge on any atom is -0.497 e. The molecule has 7 nitrogen and oxygen atoms in total. The van der Waals surface area contributed by atoms with Crippen LogP contribution in [0.1, 0.15) is 34.6 Å². The average molecular weight is 399 g/mol. The minimum atomic E-state index is -0.617. The van der Waals surface area contributed by atoms with Gasteiger partial charge in [0.05, 0.1) is 18.9 Å². The minimum absolute atomic E-state index is 0.255. The van der Waals surface area contributed by atoms with E-state index in [-0.39, 0.29) is 40.4 Å². The molecule has 0 radical (unpaired) electrons. The zero-order chi connectivity index (χ0) is 21.3. The van der Waals surface area contributed by atoms with E-state index in [1.54, 1.807) is 31.4 Å². The Morgan fingerprint density at radius 2 is 1.45 bits per heavy atom. The Labute approximate surface area is 171 Å². The highest BCUT2D eigenvalue weighted by atomic mass is 16.5. The van der Waals surface area contributed by atoms with Crippen LogP contribution < -0.4 is 15.5 Å². The quantitative estimate of drug-likeness (QED) is 0.764. The highest BCUT2D eigenvalue weighted by molar-refractivity contribution is 6.08. The molecule has 4 amide bonds. The molecular weight excluding hydrogens is 370 g/mol. The van der Waals surface area contributed by atoms with E-state index in [9.17, 15) is 14.4 Å². The summed E-state index contributed by atoms with van der Waals surface area (Å²) in [6.07, 6.45) is 0. The summed E-state index contributed by atoms with van der Waals surface area (Å²) in [6, 6.07) is 6.20. The molecule has 1 heterocycles. The van der Waals surface area contributed by atoms with Crippen LogP contribution in [-0.4, -0.2) is 30.0 Å². The molecule has 7 atom stereocenters. The summed E-state index contributed by atoms with van der Waals surface area (Å²) < 4.78 is 5.10. The summed E-state index contributed by atoms with van der Waals surface area (Å²) in [5.41, 5.74) is 2.51. The second kappa shape index (κ2) is 6.21. The van der Waals surface area contributed by atoms with Crippen molar-refractivity contribution in [3.63, 3.8) is 0 Å². The normalized spacial score (nSPS) is 40.2. The molecule has 4 rings (SSSR count). The number of hydrazine groups is 1. The molecular formula is C22H29N3O4. The number of ether oxygens (including phenoxy) is 1. The van der Waals surface area contributed by atoms with Crippen molar-refractivity contribution in [3.05, 3.63) is 24.3 Å². The van der Waals surface area contributed by atoms with Gasteiger partial charge in [0, 0.05) is 5.69 Å². The van der Waals surface area contributed by atoms with E-state index in [4.69, 9.17) is 4.74 Å². The Hall–Kier alpha value is -2.57. The first-order valence-corrected chi connectivity index (χ1v) is 10.2. The summed E-state index contributed by atoms with van der Waals surface area (Å²) in [7, 11) is 1.56. The van der Waals surface area contributed by atoms with Crippen LogP contribution in [0.25, 0.3) is 0 Å². The molecule has 1 saturated heterocycles. The number of anilines is 1. The molecule has 3 fully saturated rings. The number of imide groups is 1. The van der Waals surface area contributed by atoms with Gasteiger partial charge in [0.2, 0.25) is 0 Å². The maximum absolute atomic E-state index is 13.2. The molecule has 3 aliphatic rings. The summed E-state index contributed by atoms with van der Waals surface area (Å²) >= 11 is 0. The fraction of sp³-hybridized carbons (Fsp3) is 0.591. The van der Waals surface area contributed by atoms with Gasteiger partial charge in [-0.3, -0.25) is 9.59 Å². The van der Waals surface area contributed by atoms with Gasteiger partial charge in [-0.25, -0.2) is 10.2 Å². The largest absolute Gasteiger partial charge is 0.497 e. The molecule has 2 N–H and O–H groups in total. The van der Waals surface area contributed by atoms with E-state index in [0.29, 0.717) is 23.3 Å². The highest BCUT2D eigenvalue weighted by Gasteiger charge is 2.78. The van der Waals surface area contributed by atoms with Gasteiger partial charge in [-0.2, -0.15) is 5.01 Å². The number of nitrogens with zero attached hydrogens (tertiary/aromatic N) is 1. The summed E-state index contributed by atoms with van der Waals surface area (Å²) in [4.78, 5) is 39.0. The number of rotatable bonds is 3. The van der Waals surface area contributed by atoms with Gasteiger partial charge in [-0.1, -0.05) is 34.6 Å². The molecule has 156 valence electrons. The van der Waals surface area contributed by atoms with Crippen LogP contribution in [0, 0.1) is 40.4 Å². The SMILES string of the molecule is COc1ccc(NC(=O)NN2C(=O)[C@@H]3[C@H](C2=O)[C@]2(C)C(C)C(C)[C@@]3(C)C2C)cc1. The van der Waals surface area contributed by atoms with Crippen molar-refractivity contribution >= 4 is 23.5 Å². The Bertz CT molecular complexity index is 845. The molecule has 1 aliphatic heterocycles. The van der Waals surface area contributed by atoms with E-state index in [1.165, 1.54) is 0 Å². The zero-order valence-electron chi connectivity index (χ0n) is 17.8. The Balaban J connectivity index is 1.55. The average Bonchev–Trinajstić information content (AvgIpc) is 3.11. The standard InChI is InChI=1S/C22H29N3O4/c1-11-12(2)22(5)13(3)21(11,4)16-17(22)19(27)25(18(16)26)24-20(28)23-14-7-9-15(29-6)10-8-14/h7-13,16-17H,1-6H3,(H2,23,24,28)/t11?,12?,13?,16-,17+,21-,22+. The Kier molecular flexibility index (Phi) is 4.23. The monoisotopic (exact) mass is 399 g/mol. The molecule has 2 saturated carbocycles. The fourth-order valence-electron chi connectivity index (χ4n) is 6.61. The van der Waals surface area contributed by atoms with Gasteiger partial charge in [-0.15, -0.1) is 0 Å². The van der Waals surface area contributed by atoms with E-state index >= 15 is 0 Å². The molecule has 2 bridgehead atoms. The van der Waals surface area contributed by atoms with Gasteiger partial charge in [0.15, 0.2) is 0 Å². The summed E-state index contributed by atoms with van der Waals surface area (Å²) in [5, 5.41) is 3.60. The summed E-state index contributed by atoms with van der Waals surface area (Å²) in [6.45, 7) is 10.8. The first-order chi connectivity index (χ1) is 13.6. The third kappa shape index (κ3) is 2.33. The molecule has 3 unspecified atom stereocenters. The molecule has 1 aromatic rings. The van der Waals surface area contributed by atoms with Crippen molar-refractivity contribution in [2.75, 3.05) is 12.4 Å². The number of nitrogens with one attached hydrogen (secondary N) is 2. The van der Waals surface area contributed by atoms with Crippen molar-refractivity contribution < 1.29 is 19.1 Å². The van der Waals surface area contributed by atoms with Crippen LogP contribution in [0.2, 0.25) is 0 Å². The molecule has 1 aromatic carbocycles. The zero-order valence-corrected chi connectivity index (χ0v) is 17.8. The van der Waals surface area contributed by atoms with Gasteiger partial charge < -0.3 is 10.1 Å². The lowest BCUT2D eigenvalue weighted by Gasteiger charge is -2.42. The molecule has 0 spiro atoms. The number of carbonyl (C=O) groups is 3. The second-order valence-electron chi connectivity index (χ2n) is 9.29. The van der Waals surface area contributed by atoms with Crippen LogP contribution in [0.4, 0.5) is 10.5 Å². The molecule has 7 heteroatoms. The topological polar surface area (TPSA) is 87.7 Å². The third-order valence-corrected chi connectivity index (χ3v) is 8.79. The first kappa shape index (κ1) is 19.7. The molecule has 2 aliphatic carbocycles. The number of fused-ring (bicyclic) bond motifs is 5. The smallest absolute Gasteiger partial charge is 0.338 e. The number of urea groups is 1.